The summed E-state index contributed by atoms with van der Waals surface area (Å²) in [6, 6.07) is 11.6. The van der Waals surface area contributed by atoms with E-state index >= 15 is 0 Å². The summed E-state index contributed by atoms with van der Waals surface area (Å²) < 4.78 is 13.3. The second-order valence-corrected chi connectivity index (χ2v) is 6.73. The number of nitrogens with zero attached hydrogens (tertiary/aromatic N) is 1. The Labute approximate surface area is 151 Å². The predicted molar refractivity (Wildman–Crippen MR) is 97.6 cm³/mol. The fraction of sp³-hybridized carbons (Fsp3) is 0.300. The monoisotopic (exact) mass is 353 g/mol. The number of rotatable bonds is 3. The molecular formula is C20H20FN3O2. The van der Waals surface area contributed by atoms with Gasteiger partial charge >= 0.3 is 6.03 Å². The van der Waals surface area contributed by atoms with Gasteiger partial charge in [-0.1, -0.05) is 6.07 Å². The number of fused-ring (bicyclic) bond motifs is 1. The Hall–Kier alpha value is -2.89. The topological polar surface area (TPSA) is 61.4 Å². The molecule has 1 saturated heterocycles. The Kier molecular flexibility index (Phi) is 4.32. The highest BCUT2D eigenvalue weighted by atomic mass is 19.1. The lowest BCUT2D eigenvalue weighted by Gasteiger charge is -2.17. The first kappa shape index (κ1) is 16.6. The number of halogens is 1. The van der Waals surface area contributed by atoms with Crippen LogP contribution in [-0.4, -0.2) is 18.5 Å². The molecule has 2 aliphatic rings. The average molecular weight is 353 g/mol. The number of carbonyl (C=O) groups is 2. The first-order valence-electron chi connectivity index (χ1n) is 8.86. The third-order valence-electron chi connectivity index (χ3n) is 5.00. The van der Waals surface area contributed by atoms with Crippen molar-refractivity contribution in [2.24, 2.45) is 0 Å². The molecule has 26 heavy (non-hydrogen) atoms. The minimum absolute atomic E-state index is 0.105. The molecule has 5 nitrogen and oxygen atoms in total. The molecule has 1 fully saturated rings. The number of hydrogen-bond donors (Lipinski definition) is 2. The molecule has 0 spiro atoms. The number of anilines is 2. The van der Waals surface area contributed by atoms with Crippen LogP contribution in [0.3, 0.4) is 0 Å². The van der Waals surface area contributed by atoms with Crippen molar-refractivity contribution in [2.45, 2.75) is 31.7 Å². The molecule has 0 radical (unpaired) electrons. The lowest BCUT2D eigenvalue weighted by molar-refractivity contribution is -0.117. The van der Waals surface area contributed by atoms with Gasteiger partial charge in [-0.15, -0.1) is 0 Å². The maximum atomic E-state index is 13.3. The summed E-state index contributed by atoms with van der Waals surface area (Å²) in [5.74, 6) is -0.106. The number of nitrogens with one attached hydrogen (secondary N) is 2. The van der Waals surface area contributed by atoms with E-state index in [9.17, 15) is 14.0 Å². The SMILES string of the molecule is O=C(Nc1ccc(N2CCCC2=O)cc1)NC1CCc2cc(F)ccc21. The molecule has 0 saturated carbocycles. The normalized spacial score (nSPS) is 18.7. The minimum Gasteiger partial charge on any atom is -0.331 e. The van der Waals surface area contributed by atoms with E-state index in [4.69, 9.17) is 0 Å². The molecule has 1 unspecified atom stereocenters. The molecule has 0 aromatic heterocycles. The molecule has 1 atom stereocenters. The van der Waals surface area contributed by atoms with Crippen molar-refractivity contribution >= 4 is 23.3 Å². The van der Waals surface area contributed by atoms with Crippen molar-refractivity contribution in [3.63, 3.8) is 0 Å². The fourth-order valence-corrected chi connectivity index (χ4v) is 3.71. The lowest BCUT2D eigenvalue weighted by Crippen LogP contribution is -2.31. The van der Waals surface area contributed by atoms with Crippen LogP contribution in [0.2, 0.25) is 0 Å². The Bertz CT molecular complexity index is 851. The van der Waals surface area contributed by atoms with Crippen LogP contribution in [0.4, 0.5) is 20.6 Å². The smallest absolute Gasteiger partial charge is 0.319 e. The van der Waals surface area contributed by atoms with Gasteiger partial charge in [0.2, 0.25) is 5.91 Å². The van der Waals surface area contributed by atoms with Gasteiger partial charge in [0, 0.05) is 24.3 Å². The summed E-state index contributed by atoms with van der Waals surface area (Å²) in [6.07, 6.45) is 3.00. The molecule has 1 heterocycles. The Balaban J connectivity index is 1.38. The van der Waals surface area contributed by atoms with Crippen LogP contribution in [0.15, 0.2) is 42.5 Å². The molecular weight excluding hydrogens is 333 g/mol. The molecule has 2 aromatic rings. The zero-order valence-corrected chi connectivity index (χ0v) is 14.3. The zero-order chi connectivity index (χ0) is 18.1. The van der Waals surface area contributed by atoms with Crippen LogP contribution in [0.1, 0.15) is 36.4 Å². The van der Waals surface area contributed by atoms with Gasteiger partial charge in [-0.3, -0.25) is 4.79 Å². The number of benzene rings is 2. The van der Waals surface area contributed by atoms with Crippen molar-refractivity contribution in [3.8, 4) is 0 Å². The fourth-order valence-electron chi connectivity index (χ4n) is 3.71. The first-order valence-corrected chi connectivity index (χ1v) is 8.86. The van der Waals surface area contributed by atoms with Crippen LogP contribution in [0.5, 0.6) is 0 Å². The van der Waals surface area contributed by atoms with Crippen molar-refractivity contribution in [2.75, 3.05) is 16.8 Å². The summed E-state index contributed by atoms with van der Waals surface area (Å²) in [4.78, 5) is 25.8. The van der Waals surface area contributed by atoms with E-state index in [-0.39, 0.29) is 23.8 Å². The summed E-state index contributed by atoms with van der Waals surface area (Å²) in [5.41, 5.74) is 3.44. The Morgan fingerprint density at radius 3 is 2.65 bits per heavy atom. The van der Waals surface area contributed by atoms with Crippen LogP contribution in [0, 0.1) is 5.82 Å². The number of carbonyl (C=O) groups excluding carboxylic acids is 2. The van der Waals surface area contributed by atoms with Crippen molar-refractivity contribution in [3.05, 3.63) is 59.4 Å². The third-order valence-corrected chi connectivity index (χ3v) is 5.00. The van der Waals surface area contributed by atoms with Gasteiger partial charge in [0.25, 0.3) is 0 Å². The van der Waals surface area contributed by atoms with E-state index in [2.05, 4.69) is 10.6 Å². The van der Waals surface area contributed by atoms with E-state index in [0.29, 0.717) is 12.1 Å². The third kappa shape index (κ3) is 3.27. The zero-order valence-electron chi connectivity index (χ0n) is 14.3. The lowest BCUT2D eigenvalue weighted by atomic mass is 10.1. The maximum absolute atomic E-state index is 13.3. The second-order valence-electron chi connectivity index (χ2n) is 6.73. The van der Waals surface area contributed by atoms with E-state index in [1.54, 1.807) is 23.1 Å². The molecule has 4 rings (SSSR count). The molecule has 6 heteroatoms. The maximum Gasteiger partial charge on any atom is 0.319 e. The largest absolute Gasteiger partial charge is 0.331 e. The van der Waals surface area contributed by atoms with Gasteiger partial charge in [-0.25, -0.2) is 9.18 Å². The van der Waals surface area contributed by atoms with Gasteiger partial charge in [-0.2, -0.15) is 0 Å². The summed E-state index contributed by atoms with van der Waals surface area (Å²) in [7, 11) is 0. The van der Waals surface area contributed by atoms with Crippen LogP contribution >= 0.6 is 0 Å². The Morgan fingerprint density at radius 2 is 1.92 bits per heavy atom. The van der Waals surface area contributed by atoms with E-state index < -0.39 is 0 Å². The molecule has 1 aliphatic heterocycles. The van der Waals surface area contributed by atoms with E-state index in [1.165, 1.54) is 12.1 Å². The quantitative estimate of drug-likeness (QED) is 0.883. The average Bonchev–Trinajstić information content (AvgIpc) is 3.22. The predicted octanol–water partition coefficient (Wildman–Crippen LogP) is 3.76. The second kappa shape index (κ2) is 6.78. The van der Waals surface area contributed by atoms with Gasteiger partial charge in [0.05, 0.1) is 6.04 Å². The van der Waals surface area contributed by atoms with Crippen molar-refractivity contribution in [1.82, 2.24) is 5.32 Å². The highest BCUT2D eigenvalue weighted by Crippen LogP contribution is 2.31. The minimum atomic E-state index is -0.294. The van der Waals surface area contributed by atoms with Crippen LogP contribution in [0.25, 0.3) is 0 Å². The molecule has 2 N–H and O–H groups in total. The van der Waals surface area contributed by atoms with Gasteiger partial charge in [0.15, 0.2) is 0 Å². The number of hydrogen-bond acceptors (Lipinski definition) is 2. The number of amides is 3. The molecule has 134 valence electrons. The number of urea groups is 1. The van der Waals surface area contributed by atoms with Crippen LogP contribution in [-0.2, 0) is 11.2 Å². The Morgan fingerprint density at radius 1 is 1.12 bits per heavy atom. The molecule has 3 amide bonds. The summed E-state index contributed by atoms with van der Waals surface area (Å²) in [6.45, 7) is 0.744. The van der Waals surface area contributed by atoms with Gasteiger partial charge in [0.1, 0.15) is 5.82 Å². The van der Waals surface area contributed by atoms with Crippen LogP contribution < -0.4 is 15.5 Å². The van der Waals surface area contributed by atoms with E-state index in [0.717, 1.165) is 42.6 Å². The number of aryl methyl sites for hydroxylation is 1. The first-order chi connectivity index (χ1) is 12.6. The molecule has 1 aliphatic carbocycles. The van der Waals surface area contributed by atoms with Gasteiger partial charge in [-0.05, 0) is 66.8 Å². The molecule has 0 bridgehead atoms. The summed E-state index contributed by atoms with van der Waals surface area (Å²) >= 11 is 0. The highest BCUT2D eigenvalue weighted by molar-refractivity contribution is 5.96. The molecule has 2 aromatic carbocycles. The van der Waals surface area contributed by atoms with Gasteiger partial charge < -0.3 is 15.5 Å². The van der Waals surface area contributed by atoms with Crippen molar-refractivity contribution < 1.29 is 14.0 Å². The standard InChI is InChI=1S/C20H20FN3O2/c21-14-4-9-17-13(12-14)3-10-18(17)23-20(26)22-15-5-7-16(8-6-15)24-11-1-2-19(24)25/h4-9,12,18H,1-3,10-11H2,(H2,22,23,26). The highest BCUT2D eigenvalue weighted by Gasteiger charge is 2.24. The summed E-state index contributed by atoms with van der Waals surface area (Å²) in [5, 5.41) is 5.76. The van der Waals surface area contributed by atoms with Crippen molar-refractivity contribution in [1.29, 1.82) is 0 Å². The van der Waals surface area contributed by atoms with E-state index in [1.807, 2.05) is 12.1 Å².